The molecule has 1 aromatic heterocycles. The number of primary sulfonamides is 1. The van der Waals surface area contributed by atoms with Crippen LogP contribution < -0.4 is 5.14 Å². The lowest BCUT2D eigenvalue weighted by Crippen LogP contribution is -2.11. The lowest BCUT2D eigenvalue weighted by atomic mass is 10.1. The highest BCUT2D eigenvalue weighted by molar-refractivity contribution is 7.91. The van der Waals surface area contributed by atoms with E-state index in [1.807, 2.05) is 0 Å². The summed E-state index contributed by atoms with van der Waals surface area (Å²) in [4.78, 5) is 0. The molecule has 0 saturated carbocycles. The Hall–Kier alpha value is -1.24. The maximum atomic E-state index is 13.0. The van der Waals surface area contributed by atoms with Gasteiger partial charge in [0.25, 0.3) is 0 Å². The van der Waals surface area contributed by atoms with Crippen LogP contribution in [-0.4, -0.2) is 8.42 Å². The summed E-state index contributed by atoms with van der Waals surface area (Å²) < 4.78 is 35.6. The van der Waals surface area contributed by atoms with Crippen molar-refractivity contribution in [3.8, 4) is 11.1 Å². The maximum absolute atomic E-state index is 13.0. The Balaban J connectivity index is 2.62. The van der Waals surface area contributed by atoms with Gasteiger partial charge in [-0.1, -0.05) is 12.1 Å². The van der Waals surface area contributed by atoms with Gasteiger partial charge in [0.05, 0.1) is 0 Å². The van der Waals surface area contributed by atoms with E-state index in [1.165, 1.54) is 18.2 Å². The maximum Gasteiger partial charge on any atom is 0.248 e. The Kier molecular flexibility index (Phi) is 2.79. The third-order valence-electron chi connectivity index (χ3n) is 2.02. The Morgan fingerprint density at radius 3 is 2.62 bits per heavy atom. The predicted octanol–water partition coefficient (Wildman–Crippen LogP) is 2.20. The molecule has 16 heavy (non-hydrogen) atoms. The Morgan fingerprint density at radius 2 is 2.00 bits per heavy atom. The number of sulfonamides is 1. The zero-order chi connectivity index (χ0) is 11.8. The summed E-state index contributed by atoms with van der Waals surface area (Å²) in [5.41, 5.74) is 0.942. The fraction of sp³-hybridized carbons (Fsp3) is 0. The highest BCUT2D eigenvalue weighted by atomic mass is 32.2. The molecule has 1 aromatic carbocycles. The molecule has 0 bridgehead atoms. The van der Waals surface area contributed by atoms with Crippen molar-refractivity contribution in [1.29, 1.82) is 0 Å². The summed E-state index contributed by atoms with van der Waals surface area (Å²) in [6.45, 7) is 0. The van der Waals surface area contributed by atoms with Crippen LogP contribution in [-0.2, 0) is 10.0 Å². The van der Waals surface area contributed by atoms with Gasteiger partial charge in [-0.05, 0) is 29.1 Å². The van der Waals surface area contributed by atoms with Crippen molar-refractivity contribution in [1.82, 2.24) is 0 Å². The lowest BCUT2D eigenvalue weighted by molar-refractivity contribution is 0.600. The molecule has 0 spiro atoms. The van der Waals surface area contributed by atoms with E-state index in [9.17, 15) is 12.8 Å². The topological polar surface area (TPSA) is 60.2 Å². The van der Waals surface area contributed by atoms with Crippen LogP contribution in [0.1, 0.15) is 0 Å². The van der Waals surface area contributed by atoms with Gasteiger partial charge >= 0.3 is 0 Å². The number of halogens is 1. The largest absolute Gasteiger partial charge is 0.248 e. The fourth-order valence-electron chi connectivity index (χ4n) is 1.39. The number of thiophene rings is 1. The van der Waals surface area contributed by atoms with Gasteiger partial charge in [0, 0.05) is 5.56 Å². The van der Waals surface area contributed by atoms with E-state index in [-0.39, 0.29) is 4.21 Å². The van der Waals surface area contributed by atoms with Crippen molar-refractivity contribution >= 4 is 21.4 Å². The molecule has 0 amide bonds. The molecule has 0 unspecified atom stereocenters. The summed E-state index contributed by atoms with van der Waals surface area (Å²) >= 11 is 1.02. The molecule has 0 aliphatic heterocycles. The molecule has 2 aromatic rings. The van der Waals surface area contributed by atoms with E-state index in [0.717, 1.165) is 11.3 Å². The van der Waals surface area contributed by atoms with Gasteiger partial charge in [-0.25, -0.2) is 17.9 Å². The Bertz CT molecular complexity index is 619. The van der Waals surface area contributed by atoms with Crippen LogP contribution in [0, 0.1) is 5.82 Å². The molecular weight excluding hydrogens is 249 g/mol. The van der Waals surface area contributed by atoms with E-state index < -0.39 is 15.8 Å². The zero-order valence-electron chi connectivity index (χ0n) is 8.05. The van der Waals surface area contributed by atoms with Crippen molar-refractivity contribution in [3.05, 3.63) is 41.5 Å². The third kappa shape index (κ3) is 2.13. The van der Waals surface area contributed by atoms with Crippen molar-refractivity contribution in [2.24, 2.45) is 5.14 Å². The average Bonchev–Trinajstić information content (AvgIpc) is 2.65. The van der Waals surface area contributed by atoms with Gasteiger partial charge in [0.15, 0.2) is 0 Å². The number of hydrogen-bond donors (Lipinski definition) is 1. The molecule has 2 N–H and O–H groups in total. The molecular formula is C10H8FNO2S2. The van der Waals surface area contributed by atoms with Crippen LogP contribution in [0.4, 0.5) is 4.39 Å². The van der Waals surface area contributed by atoms with Crippen molar-refractivity contribution in [2.75, 3.05) is 0 Å². The molecule has 0 saturated heterocycles. The van der Waals surface area contributed by atoms with E-state index >= 15 is 0 Å². The molecule has 3 nitrogen and oxygen atoms in total. The van der Waals surface area contributed by atoms with Crippen LogP contribution in [0.25, 0.3) is 11.1 Å². The minimum absolute atomic E-state index is 0.0538. The first-order chi connectivity index (χ1) is 7.48. The van der Waals surface area contributed by atoms with Gasteiger partial charge in [-0.2, -0.15) is 0 Å². The van der Waals surface area contributed by atoms with Crippen LogP contribution >= 0.6 is 11.3 Å². The second kappa shape index (κ2) is 3.97. The first-order valence-corrected chi connectivity index (χ1v) is 6.77. The second-order valence-electron chi connectivity index (χ2n) is 3.18. The monoisotopic (exact) mass is 257 g/mol. The molecule has 1 heterocycles. The smallest absolute Gasteiger partial charge is 0.224 e. The number of benzene rings is 1. The number of hydrogen-bond acceptors (Lipinski definition) is 3. The van der Waals surface area contributed by atoms with Gasteiger partial charge in [-0.3, -0.25) is 0 Å². The standard InChI is InChI=1S/C10H8FNO2S2/c11-8-3-1-2-7(6-8)9-4-5-15-10(9)16(12,13)14/h1-6H,(H2,12,13,14). The predicted molar refractivity (Wildman–Crippen MR) is 61.1 cm³/mol. The molecule has 2 rings (SSSR count). The summed E-state index contributed by atoms with van der Waals surface area (Å²) in [5.74, 6) is -0.413. The molecule has 0 atom stereocenters. The summed E-state index contributed by atoms with van der Waals surface area (Å²) in [5, 5.41) is 6.68. The van der Waals surface area contributed by atoms with Crippen LogP contribution in [0.5, 0.6) is 0 Å². The minimum Gasteiger partial charge on any atom is -0.224 e. The SMILES string of the molecule is NS(=O)(=O)c1sccc1-c1cccc(F)c1. The first kappa shape index (κ1) is 11.3. The second-order valence-corrected chi connectivity index (χ2v) is 5.85. The molecule has 84 valence electrons. The van der Waals surface area contributed by atoms with Gasteiger partial charge in [-0.15, -0.1) is 11.3 Å². The molecule has 0 aliphatic rings. The summed E-state index contributed by atoms with van der Waals surface area (Å²) in [6, 6.07) is 7.34. The van der Waals surface area contributed by atoms with Crippen LogP contribution in [0.15, 0.2) is 39.9 Å². The zero-order valence-corrected chi connectivity index (χ0v) is 9.69. The van der Waals surface area contributed by atoms with Crippen molar-refractivity contribution < 1.29 is 12.8 Å². The third-order valence-corrected chi connectivity index (χ3v) is 4.45. The first-order valence-electron chi connectivity index (χ1n) is 4.35. The van der Waals surface area contributed by atoms with Crippen LogP contribution in [0.3, 0.4) is 0 Å². The van der Waals surface area contributed by atoms with E-state index in [0.29, 0.717) is 11.1 Å². The van der Waals surface area contributed by atoms with E-state index in [1.54, 1.807) is 17.5 Å². The highest BCUT2D eigenvalue weighted by Gasteiger charge is 2.16. The summed E-state index contributed by atoms with van der Waals surface area (Å²) in [7, 11) is -3.76. The van der Waals surface area contributed by atoms with Gasteiger partial charge in [0.1, 0.15) is 10.0 Å². The molecule has 0 radical (unpaired) electrons. The normalized spacial score (nSPS) is 11.6. The lowest BCUT2D eigenvalue weighted by Gasteiger charge is -2.01. The van der Waals surface area contributed by atoms with E-state index in [2.05, 4.69) is 0 Å². The number of nitrogens with two attached hydrogens (primary N) is 1. The van der Waals surface area contributed by atoms with Crippen molar-refractivity contribution in [2.45, 2.75) is 4.21 Å². The van der Waals surface area contributed by atoms with Crippen LogP contribution in [0.2, 0.25) is 0 Å². The molecule has 0 fully saturated rings. The highest BCUT2D eigenvalue weighted by Crippen LogP contribution is 2.31. The fourth-order valence-corrected chi connectivity index (χ4v) is 3.22. The van der Waals surface area contributed by atoms with E-state index in [4.69, 9.17) is 5.14 Å². The average molecular weight is 257 g/mol. The minimum atomic E-state index is -3.76. The Labute approximate surface area is 96.4 Å². The quantitative estimate of drug-likeness (QED) is 0.896. The molecule has 6 heteroatoms. The number of rotatable bonds is 2. The van der Waals surface area contributed by atoms with Gasteiger partial charge < -0.3 is 0 Å². The van der Waals surface area contributed by atoms with Gasteiger partial charge in [0.2, 0.25) is 10.0 Å². The van der Waals surface area contributed by atoms with Crippen molar-refractivity contribution in [3.63, 3.8) is 0 Å². The Morgan fingerprint density at radius 1 is 1.25 bits per heavy atom. The summed E-state index contributed by atoms with van der Waals surface area (Å²) in [6.07, 6.45) is 0. The molecule has 0 aliphatic carbocycles.